The van der Waals surface area contributed by atoms with Gasteiger partial charge < -0.3 is 0 Å². The van der Waals surface area contributed by atoms with Crippen molar-refractivity contribution in [2.75, 3.05) is 0 Å². The first-order valence-electron chi connectivity index (χ1n) is 3.63. The molecule has 102 valence electrons. The number of nitrogens with zero attached hydrogens (tertiary/aromatic N) is 2. The zero-order valence-corrected chi connectivity index (χ0v) is 10.4. The van der Waals surface area contributed by atoms with E-state index in [1.165, 1.54) is 0 Å². The van der Waals surface area contributed by atoms with Gasteiger partial charge >= 0.3 is 30.4 Å². The van der Waals surface area contributed by atoms with Crippen LogP contribution >= 0.6 is 0 Å². The Hall–Kier alpha value is -1.19. The van der Waals surface area contributed by atoms with Gasteiger partial charge in [0.15, 0.2) is 0 Å². The molecule has 0 fully saturated rings. The molecule has 0 aliphatic heterocycles. The zero-order valence-electron chi connectivity index (χ0n) is 7.99. The summed E-state index contributed by atoms with van der Waals surface area (Å²) in [6.07, 6.45) is 0.188. The van der Waals surface area contributed by atoms with Crippen molar-refractivity contribution in [3.63, 3.8) is 0 Å². The van der Waals surface area contributed by atoms with Gasteiger partial charge in [-0.05, 0) is 0 Å². The molecular weight excluding hydrogens is 316 g/mol. The fourth-order valence-corrected chi connectivity index (χ4v) is 2.84. The molecule has 14 heteroatoms. The van der Waals surface area contributed by atoms with Crippen molar-refractivity contribution in [3.8, 4) is 0 Å². The molecule has 0 radical (unpaired) electrons. The van der Waals surface area contributed by atoms with E-state index in [1.54, 1.807) is 0 Å². The van der Waals surface area contributed by atoms with E-state index in [9.17, 15) is 25.3 Å². The normalized spacial score (nSPS) is 13.5. The first kappa shape index (κ1) is 14.9. The minimum Gasteiger partial charge on any atom is -0.281 e. The minimum absolute atomic E-state index is 0.188. The van der Waals surface area contributed by atoms with E-state index in [4.69, 9.17) is 13.7 Å². The van der Waals surface area contributed by atoms with E-state index in [1.807, 2.05) is 0 Å². The van der Waals surface area contributed by atoms with Gasteiger partial charge in [-0.1, -0.05) is 0 Å². The smallest absolute Gasteiger partial charge is 0.281 e. The van der Waals surface area contributed by atoms with E-state index in [-0.39, 0.29) is 6.20 Å². The highest BCUT2D eigenvalue weighted by Gasteiger charge is 2.30. The number of rotatable bonds is 3. The molecule has 1 heterocycles. The summed E-state index contributed by atoms with van der Waals surface area (Å²) in [4.78, 5) is 5.51. The van der Waals surface area contributed by atoms with Gasteiger partial charge in [0.1, 0.15) is 0 Å². The van der Waals surface area contributed by atoms with E-state index in [0.29, 0.717) is 0 Å². The molecule has 0 aliphatic rings. The molecule has 1 aromatic heterocycles. The highest BCUT2D eigenvalue weighted by molar-refractivity contribution is 7.89. The monoisotopic (exact) mass is 320 g/mol. The SMILES string of the molecule is O=S(=O)(O)c1cnc(S(=O)(=O)O)c(S(=O)(=O)O)n1. The van der Waals surface area contributed by atoms with Crippen molar-refractivity contribution < 1.29 is 38.9 Å². The van der Waals surface area contributed by atoms with Crippen LogP contribution in [-0.2, 0) is 30.4 Å². The van der Waals surface area contributed by atoms with Gasteiger partial charge in [0.05, 0.1) is 6.20 Å². The van der Waals surface area contributed by atoms with Crippen molar-refractivity contribution >= 4 is 30.4 Å². The number of hydrogen-bond acceptors (Lipinski definition) is 8. The second kappa shape index (κ2) is 4.18. The molecule has 0 saturated heterocycles. The van der Waals surface area contributed by atoms with Gasteiger partial charge in [0.2, 0.25) is 15.1 Å². The first-order valence-corrected chi connectivity index (χ1v) is 7.95. The zero-order chi connectivity index (χ0) is 14.4. The highest BCUT2D eigenvalue weighted by Crippen LogP contribution is 2.17. The van der Waals surface area contributed by atoms with Gasteiger partial charge in [-0.3, -0.25) is 13.7 Å². The third kappa shape index (κ3) is 3.18. The predicted molar refractivity (Wildman–Crippen MR) is 51.5 cm³/mol. The van der Waals surface area contributed by atoms with Gasteiger partial charge in [-0.2, -0.15) is 25.3 Å². The lowest BCUT2D eigenvalue weighted by molar-refractivity contribution is 0.449. The molecule has 0 amide bonds. The summed E-state index contributed by atoms with van der Waals surface area (Å²) in [5.41, 5.74) is 0. The van der Waals surface area contributed by atoms with Crippen LogP contribution in [0.3, 0.4) is 0 Å². The quantitative estimate of drug-likeness (QED) is 0.533. The van der Waals surface area contributed by atoms with Gasteiger partial charge in [0.25, 0.3) is 0 Å². The first-order chi connectivity index (χ1) is 7.83. The van der Waals surface area contributed by atoms with Gasteiger partial charge in [0, 0.05) is 0 Å². The fraction of sp³-hybridized carbons (Fsp3) is 0. The Morgan fingerprint density at radius 2 is 1.22 bits per heavy atom. The minimum atomic E-state index is -5.29. The van der Waals surface area contributed by atoms with Gasteiger partial charge in [-0.25, -0.2) is 9.97 Å². The summed E-state index contributed by atoms with van der Waals surface area (Å²) in [5, 5.41) is -4.61. The number of aromatic nitrogens is 2. The van der Waals surface area contributed by atoms with Crippen molar-refractivity contribution in [1.29, 1.82) is 0 Å². The Morgan fingerprint density at radius 1 is 0.778 bits per heavy atom. The highest BCUT2D eigenvalue weighted by atomic mass is 32.2. The summed E-state index contributed by atoms with van der Waals surface area (Å²) in [5.74, 6) is 0. The topological polar surface area (TPSA) is 189 Å². The lowest BCUT2D eigenvalue weighted by atomic mass is 10.7. The second-order valence-electron chi connectivity index (χ2n) is 2.74. The molecule has 1 rings (SSSR count). The molecule has 1 aromatic rings. The van der Waals surface area contributed by atoms with Crippen LogP contribution in [0, 0.1) is 0 Å². The Kier molecular flexibility index (Phi) is 3.45. The largest absolute Gasteiger partial charge is 0.315 e. The van der Waals surface area contributed by atoms with Crippen LogP contribution < -0.4 is 0 Å². The summed E-state index contributed by atoms with van der Waals surface area (Å²) in [6, 6.07) is 0. The maximum absolute atomic E-state index is 10.8. The molecule has 0 unspecified atom stereocenters. The van der Waals surface area contributed by atoms with Crippen molar-refractivity contribution in [1.82, 2.24) is 9.97 Å². The molecule has 0 spiro atoms. The lowest BCUT2D eigenvalue weighted by Gasteiger charge is -2.03. The van der Waals surface area contributed by atoms with Crippen molar-refractivity contribution in [3.05, 3.63) is 6.20 Å². The average Bonchev–Trinajstić information content (AvgIpc) is 2.12. The standard InChI is InChI=1S/C4H4N2O9S3/c7-16(8,9)2-1-5-3(17(10,11)12)4(6-2)18(13,14)15/h1H,(H,7,8,9)(H,10,11,12)(H,13,14,15). The van der Waals surface area contributed by atoms with Crippen LogP contribution in [0.4, 0.5) is 0 Å². The van der Waals surface area contributed by atoms with Crippen LogP contribution in [0.5, 0.6) is 0 Å². The third-order valence-electron chi connectivity index (χ3n) is 1.44. The molecule has 0 saturated carbocycles. The molecule has 0 aromatic carbocycles. The molecular formula is C4H4N2O9S3. The molecule has 0 bridgehead atoms. The third-order valence-corrected chi connectivity index (χ3v) is 3.86. The summed E-state index contributed by atoms with van der Waals surface area (Å²) in [7, 11) is -15.4. The van der Waals surface area contributed by atoms with E-state index >= 15 is 0 Å². The van der Waals surface area contributed by atoms with Crippen molar-refractivity contribution in [2.45, 2.75) is 15.1 Å². The average molecular weight is 320 g/mol. The Morgan fingerprint density at radius 3 is 1.56 bits per heavy atom. The second-order valence-corrected chi connectivity index (χ2v) is 6.79. The summed E-state index contributed by atoms with van der Waals surface area (Å²) in [6.45, 7) is 0. The van der Waals surface area contributed by atoms with Crippen LogP contribution in [-0.4, -0.2) is 48.9 Å². The van der Waals surface area contributed by atoms with Crippen LogP contribution in [0.25, 0.3) is 0 Å². The molecule has 18 heavy (non-hydrogen) atoms. The fourth-order valence-electron chi connectivity index (χ4n) is 0.815. The Balaban J connectivity index is 3.83. The van der Waals surface area contributed by atoms with E-state index in [0.717, 1.165) is 0 Å². The van der Waals surface area contributed by atoms with Crippen LogP contribution in [0.1, 0.15) is 0 Å². The lowest BCUT2D eigenvalue weighted by Crippen LogP contribution is -2.15. The molecule has 0 aliphatic carbocycles. The maximum atomic E-state index is 10.8. The van der Waals surface area contributed by atoms with Crippen molar-refractivity contribution in [2.24, 2.45) is 0 Å². The van der Waals surface area contributed by atoms with Crippen LogP contribution in [0.2, 0.25) is 0 Å². The van der Waals surface area contributed by atoms with E-state index < -0.39 is 45.4 Å². The Bertz CT molecular complexity index is 790. The predicted octanol–water partition coefficient (Wildman–Crippen LogP) is -1.78. The van der Waals surface area contributed by atoms with E-state index in [2.05, 4.69) is 9.97 Å². The Labute approximate surface area is 101 Å². The molecule has 11 nitrogen and oxygen atoms in total. The number of hydrogen-bond donors (Lipinski definition) is 3. The summed E-state index contributed by atoms with van der Waals surface area (Å²) >= 11 is 0. The summed E-state index contributed by atoms with van der Waals surface area (Å²) < 4.78 is 90.1. The van der Waals surface area contributed by atoms with Crippen LogP contribution in [0.15, 0.2) is 21.3 Å². The van der Waals surface area contributed by atoms with Gasteiger partial charge in [-0.15, -0.1) is 0 Å². The molecule has 0 atom stereocenters. The molecule has 3 N–H and O–H groups in total. The maximum Gasteiger partial charge on any atom is 0.315 e.